The lowest BCUT2D eigenvalue weighted by Gasteiger charge is -2.32. The summed E-state index contributed by atoms with van der Waals surface area (Å²) in [7, 11) is 1.65. The van der Waals surface area contributed by atoms with Gasteiger partial charge in [0.05, 0.1) is 12.0 Å². The Labute approximate surface area is 160 Å². The third kappa shape index (κ3) is 2.57. The summed E-state index contributed by atoms with van der Waals surface area (Å²) >= 11 is 1.60. The van der Waals surface area contributed by atoms with E-state index in [2.05, 4.69) is 5.32 Å². The van der Waals surface area contributed by atoms with E-state index in [9.17, 15) is 4.79 Å². The second-order valence-electron chi connectivity index (χ2n) is 6.62. The molecule has 2 aromatic heterocycles. The highest BCUT2D eigenvalue weighted by Gasteiger charge is 2.38. The number of ether oxygens (including phenoxy) is 1. The predicted molar refractivity (Wildman–Crippen MR) is 104 cm³/mol. The molecule has 0 saturated heterocycles. The summed E-state index contributed by atoms with van der Waals surface area (Å²) in [6.45, 7) is 0. The van der Waals surface area contributed by atoms with Crippen molar-refractivity contribution in [1.29, 1.82) is 0 Å². The Bertz CT molecular complexity index is 1050. The number of carbonyl (C=O) groups excluding carboxylic acids is 1. The van der Waals surface area contributed by atoms with Crippen molar-refractivity contribution in [2.24, 2.45) is 0 Å². The quantitative estimate of drug-likeness (QED) is 0.745. The molecule has 136 valence electrons. The molecule has 0 amide bonds. The number of anilines is 1. The third-order valence-corrected chi connectivity index (χ3v) is 5.91. The van der Waals surface area contributed by atoms with E-state index in [1.165, 1.54) is 0 Å². The molecule has 7 heteroatoms. The fourth-order valence-corrected chi connectivity index (χ4v) is 4.50. The van der Waals surface area contributed by atoms with Crippen molar-refractivity contribution in [1.82, 2.24) is 14.8 Å². The SMILES string of the molecule is COc1ccccc1C1C2=C(CCCC2=O)Nc2nc(-c3cccs3)nn21. The van der Waals surface area contributed by atoms with Crippen molar-refractivity contribution in [2.75, 3.05) is 12.4 Å². The molecule has 5 rings (SSSR count). The highest BCUT2D eigenvalue weighted by atomic mass is 32.1. The van der Waals surface area contributed by atoms with Crippen molar-refractivity contribution in [3.8, 4) is 16.5 Å². The molecule has 6 nitrogen and oxygen atoms in total. The summed E-state index contributed by atoms with van der Waals surface area (Å²) in [5.41, 5.74) is 2.66. The summed E-state index contributed by atoms with van der Waals surface area (Å²) in [5, 5.41) is 10.1. The molecule has 0 radical (unpaired) electrons. The van der Waals surface area contributed by atoms with Crippen molar-refractivity contribution in [2.45, 2.75) is 25.3 Å². The highest BCUT2D eigenvalue weighted by Crippen LogP contribution is 2.43. The number of hydrogen-bond acceptors (Lipinski definition) is 6. The van der Waals surface area contributed by atoms with Gasteiger partial charge < -0.3 is 10.1 Å². The van der Waals surface area contributed by atoms with E-state index < -0.39 is 0 Å². The first-order valence-electron chi connectivity index (χ1n) is 8.93. The van der Waals surface area contributed by atoms with E-state index in [0.717, 1.165) is 40.3 Å². The van der Waals surface area contributed by atoms with Gasteiger partial charge in [0, 0.05) is 23.3 Å². The Morgan fingerprint density at radius 2 is 2.11 bits per heavy atom. The number of thiophene rings is 1. The van der Waals surface area contributed by atoms with Crippen LogP contribution >= 0.6 is 11.3 Å². The average Bonchev–Trinajstić information content (AvgIpc) is 3.36. The molecule has 27 heavy (non-hydrogen) atoms. The maximum absolute atomic E-state index is 12.9. The van der Waals surface area contributed by atoms with Crippen LogP contribution in [0.4, 0.5) is 5.95 Å². The molecule has 1 N–H and O–H groups in total. The Kier molecular flexibility index (Phi) is 3.82. The van der Waals surface area contributed by atoms with Gasteiger partial charge in [-0.1, -0.05) is 24.3 Å². The number of ketones is 1. The van der Waals surface area contributed by atoms with Crippen LogP contribution in [0.5, 0.6) is 5.75 Å². The number of hydrogen-bond donors (Lipinski definition) is 1. The predicted octanol–water partition coefficient (Wildman–Crippen LogP) is 4.04. The monoisotopic (exact) mass is 378 g/mol. The summed E-state index contributed by atoms with van der Waals surface area (Å²) in [5.74, 6) is 2.25. The van der Waals surface area contributed by atoms with Gasteiger partial charge in [0.25, 0.3) is 0 Å². The molecule has 0 fully saturated rings. The number of para-hydroxylation sites is 1. The normalized spacial score (nSPS) is 18.7. The van der Waals surface area contributed by atoms with Crippen LogP contribution in [0.3, 0.4) is 0 Å². The Balaban J connectivity index is 1.73. The highest BCUT2D eigenvalue weighted by molar-refractivity contribution is 7.13. The van der Waals surface area contributed by atoms with Crippen LogP contribution in [0.2, 0.25) is 0 Å². The van der Waals surface area contributed by atoms with Crippen LogP contribution in [-0.4, -0.2) is 27.7 Å². The zero-order chi connectivity index (χ0) is 18.4. The van der Waals surface area contributed by atoms with E-state index in [-0.39, 0.29) is 11.8 Å². The minimum absolute atomic E-state index is 0.165. The smallest absolute Gasteiger partial charge is 0.226 e. The third-order valence-electron chi connectivity index (χ3n) is 5.04. The number of methoxy groups -OCH3 is 1. The Hall–Kier alpha value is -2.93. The molecule has 1 unspecified atom stereocenters. The molecule has 1 aliphatic carbocycles. The second-order valence-corrected chi connectivity index (χ2v) is 7.57. The standard InChI is InChI=1S/C20H18N4O2S/c1-26-15-9-3-2-6-12(15)18-17-13(7-4-8-14(17)25)21-20-22-19(23-24(18)20)16-10-5-11-27-16/h2-3,5-6,9-11,18H,4,7-8H2,1H3,(H,21,22,23). The lowest BCUT2D eigenvalue weighted by Crippen LogP contribution is -2.31. The first-order valence-corrected chi connectivity index (χ1v) is 9.81. The molecule has 0 bridgehead atoms. The van der Waals surface area contributed by atoms with Gasteiger partial charge in [-0.05, 0) is 30.4 Å². The Morgan fingerprint density at radius 3 is 2.93 bits per heavy atom. The molecule has 3 heterocycles. The van der Waals surface area contributed by atoms with Gasteiger partial charge in [0.15, 0.2) is 11.6 Å². The van der Waals surface area contributed by atoms with E-state index in [1.807, 2.05) is 46.5 Å². The Morgan fingerprint density at radius 1 is 1.22 bits per heavy atom. The average molecular weight is 378 g/mol. The topological polar surface area (TPSA) is 69.0 Å². The molecule has 0 spiro atoms. The van der Waals surface area contributed by atoms with Gasteiger partial charge in [0.2, 0.25) is 5.95 Å². The molecule has 1 aliphatic heterocycles. The summed E-state index contributed by atoms with van der Waals surface area (Å²) in [6, 6.07) is 11.5. The van der Waals surface area contributed by atoms with E-state index in [1.54, 1.807) is 18.4 Å². The number of aromatic nitrogens is 3. The van der Waals surface area contributed by atoms with E-state index in [0.29, 0.717) is 18.2 Å². The van der Waals surface area contributed by atoms with Crippen LogP contribution in [-0.2, 0) is 4.79 Å². The van der Waals surface area contributed by atoms with Gasteiger partial charge in [0.1, 0.15) is 11.8 Å². The molecular weight excluding hydrogens is 360 g/mol. The lowest BCUT2D eigenvalue weighted by molar-refractivity contribution is -0.116. The number of nitrogens with zero attached hydrogens (tertiary/aromatic N) is 3. The number of allylic oxidation sites excluding steroid dienone is 2. The fraction of sp³-hybridized carbons (Fsp3) is 0.250. The van der Waals surface area contributed by atoms with Crippen molar-refractivity contribution >= 4 is 23.1 Å². The molecule has 2 aliphatic rings. The molecule has 0 saturated carbocycles. The van der Waals surface area contributed by atoms with Crippen LogP contribution in [0.1, 0.15) is 30.9 Å². The first-order chi connectivity index (χ1) is 13.3. The molecular formula is C20H18N4O2S. The zero-order valence-corrected chi connectivity index (χ0v) is 15.6. The van der Waals surface area contributed by atoms with Crippen LogP contribution < -0.4 is 10.1 Å². The molecule has 1 aromatic carbocycles. The minimum atomic E-state index is -0.332. The van der Waals surface area contributed by atoms with Crippen molar-refractivity contribution in [3.63, 3.8) is 0 Å². The fourth-order valence-electron chi connectivity index (χ4n) is 3.85. The van der Waals surface area contributed by atoms with Gasteiger partial charge in [-0.2, -0.15) is 4.98 Å². The van der Waals surface area contributed by atoms with E-state index >= 15 is 0 Å². The minimum Gasteiger partial charge on any atom is -0.496 e. The maximum atomic E-state index is 12.9. The number of rotatable bonds is 3. The second kappa shape index (κ2) is 6.35. The lowest BCUT2D eigenvalue weighted by atomic mass is 9.85. The number of nitrogens with one attached hydrogen (secondary N) is 1. The number of fused-ring (bicyclic) bond motifs is 1. The van der Waals surface area contributed by atoms with Gasteiger partial charge >= 0.3 is 0 Å². The summed E-state index contributed by atoms with van der Waals surface area (Å²) in [6.07, 6.45) is 2.26. The first kappa shape index (κ1) is 16.3. The molecule has 3 aromatic rings. The number of carbonyl (C=O) groups is 1. The zero-order valence-electron chi connectivity index (χ0n) is 14.8. The van der Waals surface area contributed by atoms with Crippen LogP contribution in [0.15, 0.2) is 53.0 Å². The van der Waals surface area contributed by atoms with E-state index in [4.69, 9.17) is 14.8 Å². The number of benzene rings is 1. The van der Waals surface area contributed by atoms with Crippen LogP contribution in [0.25, 0.3) is 10.7 Å². The molecule has 1 atom stereocenters. The summed E-state index contributed by atoms with van der Waals surface area (Å²) < 4.78 is 7.42. The largest absolute Gasteiger partial charge is 0.496 e. The van der Waals surface area contributed by atoms with Crippen LogP contribution in [0, 0.1) is 0 Å². The van der Waals surface area contributed by atoms with Gasteiger partial charge in [-0.3, -0.25) is 4.79 Å². The number of Topliss-reactive ketones (excluding diaryl/α,β-unsaturated/α-hetero) is 1. The summed E-state index contributed by atoms with van der Waals surface area (Å²) in [4.78, 5) is 18.6. The van der Waals surface area contributed by atoms with Gasteiger partial charge in [-0.15, -0.1) is 16.4 Å². The maximum Gasteiger partial charge on any atom is 0.226 e. The van der Waals surface area contributed by atoms with Crippen molar-refractivity contribution < 1.29 is 9.53 Å². The van der Waals surface area contributed by atoms with Crippen molar-refractivity contribution in [3.05, 3.63) is 58.6 Å². The van der Waals surface area contributed by atoms with Gasteiger partial charge in [-0.25, -0.2) is 4.68 Å².